The zero-order valence-electron chi connectivity index (χ0n) is 20.6. The molecule has 3 aromatic rings. The van der Waals surface area contributed by atoms with E-state index < -0.39 is 0 Å². The van der Waals surface area contributed by atoms with E-state index in [4.69, 9.17) is 16.7 Å². The molecule has 1 amide bonds. The summed E-state index contributed by atoms with van der Waals surface area (Å²) in [4.78, 5) is 27.5. The Balaban J connectivity index is 1.38. The van der Waals surface area contributed by atoms with Crippen molar-refractivity contribution in [3.63, 3.8) is 0 Å². The molecule has 0 saturated carbocycles. The Hall–Kier alpha value is -2.66. The van der Waals surface area contributed by atoms with Crippen LogP contribution in [0.2, 0.25) is 5.02 Å². The van der Waals surface area contributed by atoms with Crippen LogP contribution >= 0.6 is 11.6 Å². The summed E-state index contributed by atoms with van der Waals surface area (Å²) in [7, 11) is 0. The van der Waals surface area contributed by atoms with Gasteiger partial charge in [0, 0.05) is 53.8 Å². The van der Waals surface area contributed by atoms with Crippen LogP contribution in [-0.2, 0) is 6.54 Å². The Labute approximate surface area is 207 Å². The predicted molar refractivity (Wildman–Crippen MR) is 138 cm³/mol. The van der Waals surface area contributed by atoms with Crippen LogP contribution in [0.25, 0.3) is 10.9 Å². The van der Waals surface area contributed by atoms with Crippen LogP contribution in [0.1, 0.15) is 72.7 Å². The van der Waals surface area contributed by atoms with E-state index in [0.717, 1.165) is 60.9 Å². The molecule has 2 aromatic carbocycles. The third-order valence-corrected chi connectivity index (χ3v) is 7.10. The van der Waals surface area contributed by atoms with Crippen molar-refractivity contribution < 1.29 is 9.59 Å². The van der Waals surface area contributed by atoms with E-state index in [-0.39, 0.29) is 17.1 Å². The molecule has 1 saturated heterocycles. The molecule has 6 heteroatoms. The molecule has 0 unspecified atom stereocenters. The second-order valence-corrected chi connectivity index (χ2v) is 11.2. The van der Waals surface area contributed by atoms with Gasteiger partial charge in [0.25, 0.3) is 5.91 Å². The Bertz CT molecular complexity index is 1180. The van der Waals surface area contributed by atoms with E-state index in [2.05, 4.69) is 27.0 Å². The standard InChI is InChI=1S/C28H34ClN3O2/c1-19-23(26(33)11-14-28(2,3)4)9-10-25-24(19)18-32(30-25)17-20-12-15-31(16-13-20)27(34)21-5-7-22(29)8-6-21/h5-10,18,20H,11-17H2,1-4H3. The van der Waals surface area contributed by atoms with Crippen molar-refractivity contribution in [1.29, 1.82) is 0 Å². The summed E-state index contributed by atoms with van der Waals surface area (Å²) in [6.45, 7) is 10.8. The molecule has 1 aromatic heterocycles. The number of amides is 1. The van der Waals surface area contributed by atoms with Gasteiger partial charge in [0.2, 0.25) is 0 Å². The summed E-state index contributed by atoms with van der Waals surface area (Å²) >= 11 is 5.94. The predicted octanol–water partition coefficient (Wildman–Crippen LogP) is 6.56. The maximum absolute atomic E-state index is 12.8. The molecule has 0 spiro atoms. The second kappa shape index (κ2) is 9.91. The summed E-state index contributed by atoms with van der Waals surface area (Å²) in [6.07, 6.45) is 5.42. The number of Topliss-reactive ketones (excluding diaryl/α,β-unsaturated/α-hetero) is 1. The Morgan fingerprint density at radius 1 is 1.06 bits per heavy atom. The maximum atomic E-state index is 12.8. The molecule has 180 valence electrons. The van der Waals surface area contributed by atoms with E-state index in [1.54, 1.807) is 24.3 Å². The van der Waals surface area contributed by atoms with Crippen molar-refractivity contribution in [2.24, 2.45) is 11.3 Å². The average Bonchev–Trinajstić information content (AvgIpc) is 3.21. The Morgan fingerprint density at radius 2 is 1.74 bits per heavy atom. The number of piperidine rings is 1. The average molecular weight is 480 g/mol. The van der Waals surface area contributed by atoms with Crippen LogP contribution in [0.3, 0.4) is 0 Å². The number of likely N-dealkylation sites (tertiary alicyclic amines) is 1. The van der Waals surface area contributed by atoms with Crippen LogP contribution in [0.5, 0.6) is 0 Å². The second-order valence-electron chi connectivity index (χ2n) is 10.7. The van der Waals surface area contributed by atoms with Gasteiger partial charge in [-0.25, -0.2) is 0 Å². The van der Waals surface area contributed by atoms with Crippen LogP contribution in [0, 0.1) is 18.3 Å². The van der Waals surface area contributed by atoms with Gasteiger partial charge in [-0.05, 0) is 79.5 Å². The van der Waals surface area contributed by atoms with E-state index in [0.29, 0.717) is 22.9 Å². The molecule has 5 nitrogen and oxygen atoms in total. The fraction of sp³-hybridized carbons (Fsp3) is 0.464. The van der Waals surface area contributed by atoms with Gasteiger partial charge in [-0.2, -0.15) is 5.10 Å². The molecule has 1 aliphatic rings. The van der Waals surface area contributed by atoms with Gasteiger partial charge < -0.3 is 4.90 Å². The van der Waals surface area contributed by atoms with Gasteiger partial charge in [-0.15, -0.1) is 0 Å². The first-order valence-electron chi connectivity index (χ1n) is 12.2. The Morgan fingerprint density at radius 3 is 2.38 bits per heavy atom. The summed E-state index contributed by atoms with van der Waals surface area (Å²) in [5.74, 6) is 0.746. The van der Waals surface area contributed by atoms with Crippen LogP contribution in [0.4, 0.5) is 0 Å². The molecule has 34 heavy (non-hydrogen) atoms. The SMILES string of the molecule is Cc1c(C(=O)CCC(C)(C)C)ccc2nn(CC3CCN(C(=O)c4ccc(Cl)cc4)CC3)cc12. The van der Waals surface area contributed by atoms with Crippen LogP contribution in [-0.4, -0.2) is 39.5 Å². The molecule has 1 aliphatic heterocycles. The minimum absolute atomic E-state index is 0.0687. The molecular formula is C28H34ClN3O2. The maximum Gasteiger partial charge on any atom is 0.253 e. The van der Waals surface area contributed by atoms with Crippen LogP contribution < -0.4 is 0 Å². The number of halogens is 1. The highest BCUT2D eigenvalue weighted by atomic mass is 35.5. The molecule has 4 rings (SSSR count). The molecular weight excluding hydrogens is 446 g/mol. The topological polar surface area (TPSA) is 55.2 Å². The summed E-state index contributed by atoms with van der Waals surface area (Å²) in [6, 6.07) is 11.0. The van der Waals surface area contributed by atoms with Crippen LogP contribution in [0.15, 0.2) is 42.6 Å². The lowest BCUT2D eigenvalue weighted by atomic mass is 9.87. The largest absolute Gasteiger partial charge is 0.339 e. The number of rotatable bonds is 6. The number of carbonyl (C=O) groups is 2. The molecule has 0 radical (unpaired) electrons. The lowest BCUT2D eigenvalue weighted by Gasteiger charge is -2.32. The minimum atomic E-state index is 0.0687. The number of carbonyl (C=O) groups excluding carboxylic acids is 2. The normalized spacial score (nSPS) is 15.1. The lowest BCUT2D eigenvalue weighted by Crippen LogP contribution is -2.39. The quantitative estimate of drug-likeness (QED) is 0.376. The number of ketones is 1. The number of aryl methyl sites for hydroxylation is 1. The van der Waals surface area contributed by atoms with E-state index >= 15 is 0 Å². The fourth-order valence-corrected chi connectivity index (χ4v) is 4.78. The van der Waals surface area contributed by atoms with Gasteiger partial charge in [-0.3, -0.25) is 14.3 Å². The third-order valence-electron chi connectivity index (χ3n) is 6.85. The van der Waals surface area contributed by atoms with Crippen molar-refractivity contribution in [2.75, 3.05) is 13.1 Å². The number of hydrogen-bond acceptors (Lipinski definition) is 3. The molecule has 1 fully saturated rings. The van der Waals surface area contributed by atoms with E-state index in [1.165, 1.54) is 0 Å². The molecule has 0 aliphatic carbocycles. The third kappa shape index (κ3) is 5.69. The molecule has 2 heterocycles. The highest BCUT2D eigenvalue weighted by molar-refractivity contribution is 6.30. The molecule has 0 bridgehead atoms. The summed E-state index contributed by atoms with van der Waals surface area (Å²) < 4.78 is 2.02. The number of benzene rings is 2. The van der Waals surface area contributed by atoms with Gasteiger partial charge in [0.15, 0.2) is 5.78 Å². The number of aromatic nitrogens is 2. The fourth-order valence-electron chi connectivity index (χ4n) is 4.66. The smallest absolute Gasteiger partial charge is 0.253 e. The summed E-state index contributed by atoms with van der Waals surface area (Å²) in [5.41, 5.74) is 3.59. The zero-order chi connectivity index (χ0) is 24.5. The van der Waals surface area contributed by atoms with Gasteiger partial charge in [-0.1, -0.05) is 32.4 Å². The van der Waals surface area contributed by atoms with E-state index in [1.807, 2.05) is 28.6 Å². The summed E-state index contributed by atoms with van der Waals surface area (Å²) in [5, 5.41) is 6.47. The number of nitrogens with zero attached hydrogens (tertiary/aromatic N) is 3. The number of hydrogen-bond donors (Lipinski definition) is 0. The zero-order valence-corrected chi connectivity index (χ0v) is 21.4. The first kappa shape index (κ1) is 24.5. The van der Waals surface area contributed by atoms with Crippen molar-refractivity contribution in [2.45, 2.75) is 59.9 Å². The van der Waals surface area contributed by atoms with Crippen molar-refractivity contribution in [3.8, 4) is 0 Å². The first-order chi connectivity index (χ1) is 16.1. The van der Waals surface area contributed by atoms with Crippen molar-refractivity contribution >= 4 is 34.2 Å². The number of fused-ring (bicyclic) bond motifs is 1. The van der Waals surface area contributed by atoms with Crippen molar-refractivity contribution in [3.05, 3.63) is 64.3 Å². The minimum Gasteiger partial charge on any atom is -0.339 e. The Kier molecular flexibility index (Phi) is 7.13. The molecule has 0 N–H and O–H groups in total. The lowest BCUT2D eigenvalue weighted by molar-refractivity contribution is 0.0681. The first-order valence-corrected chi connectivity index (χ1v) is 12.5. The van der Waals surface area contributed by atoms with Gasteiger partial charge >= 0.3 is 0 Å². The highest BCUT2D eigenvalue weighted by Gasteiger charge is 2.24. The van der Waals surface area contributed by atoms with Crippen molar-refractivity contribution in [1.82, 2.24) is 14.7 Å². The van der Waals surface area contributed by atoms with Gasteiger partial charge in [0.1, 0.15) is 0 Å². The van der Waals surface area contributed by atoms with Gasteiger partial charge in [0.05, 0.1) is 5.52 Å². The van der Waals surface area contributed by atoms with E-state index in [9.17, 15) is 9.59 Å². The monoisotopic (exact) mass is 479 g/mol. The highest BCUT2D eigenvalue weighted by Crippen LogP contribution is 2.27. The molecule has 0 atom stereocenters.